The summed E-state index contributed by atoms with van der Waals surface area (Å²) in [4.78, 5) is 54.6. The lowest BCUT2D eigenvalue weighted by atomic mass is 9.99. The second-order valence-electron chi connectivity index (χ2n) is 10.1. The molecule has 0 aliphatic heterocycles. The second kappa shape index (κ2) is 16.2. The van der Waals surface area contributed by atoms with Gasteiger partial charge in [-0.15, -0.1) is 0 Å². The molecule has 0 aromatic heterocycles. The van der Waals surface area contributed by atoms with Gasteiger partial charge in [0.05, 0.1) is 6.04 Å². The van der Waals surface area contributed by atoms with Crippen LogP contribution in [0.3, 0.4) is 0 Å². The first-order valence-electron chi connectivity index (χ1n) is 12.8. The lowest BCUT2D eigenvalue weighted by molar-refractivity contribution is -0.143. The molecule has 12 nitrogen and oxygen atoms in total. The van der Waals surface area contributed by atoms with Crippen LogP contribution in [0.15, 0.2) is 35.3 Å². The molecular formula is C26H43N7O5. The molecule has 0 bridgehead atoms. The molecule has 4 unspecified atom stereocenters. The second-order valence-corrected chi connectivity index (χ2v) is 10.1. The Morgan fingerprint density at radius 3 is 2.03 bits per heavy atom. The maximum atomic E-state index is 13.3. The Labute approximate surface area is 224 Å². The standard InChI is InChI=1S/C26H43N7O5/c1-15(2)13-20(25(37)38)32-24(36)21(16(3)4)33-23(35)19(14-17-9-6-5-7-10-17)31-22(34)18(27)11-8-12-30-26(28)29/h5-7,9-10,15-16,18-21H,8,11-14,27H2,1-4H3,(H,31,34)(H,32,36)(H,33,35)(H,37,38)(H4,28,29,30). The molecule has 1 aromatic carbocycles. The third-order valence-corrected chi connectivity index (χ3v) is 5.79. The number of aliphatic carboxylic acids is 1. The quantitative estimate of drug-likeness (QED) is 0.0859. The average molecular weight is 534 g/mol. The molecule has 0 aliphatic rings. The highest BCUT2D eigenvalue weighted by atomic mass is 16.4. The number of carboxylic acid groups (broad SMARTS) is 1. The smallest absolute Gasteiger partial charge is 0.326 e. The summed E-state index contributed by atoms with van der Waals surface area (Å²) >= 11 is 0. The van der Waals surface area contributed by atoms with Gasteiger partial charge in [-0.2, -0.15) is 0 Å². The fourth-order valence-electron chi connectivity index (χ4n) is 3.73. The minimum absolute atomic E-state index is 0.0395. The van der Waals surface area contributed by atoms with E-state index in [2.05, 4.69) is 20.9 Å². The first kappa shape index (κ1) is 32.4. The molecule has 10 N–H and O–H groups in total. The number of nitrogens with two attached hydrogens (primary N) is 3. The van der Waals surface area contributed by atoms with E-state index < -0.39 is 47.9 Å². The highest BCUT2D eigenvalue weighted by molar-refractivity contribution is 5.94. The Balaban J connectivity index is 3.01. The van der Waals surface area contributed by atoms with E-state index in [1.54, 1.807) is 13.8 Å². The number of nitrogens with one attached hydrogen (secondary N) is 3. The number of rotatable bonds is 16. The largest absolute Gasteiger partial charge is 0.480 e. The number of amides is 3. The number of guanidine groups is 1. The number of benzene rings is 1. The van der Waals surface area contributed by atoms with Gasteiger partial charge in [0.1, 0.15) is 18.1 Å². The van der Waals surface area contributed by atoms with Crippen molar-refractivity contribution in [3.8, 4) is 0 Å². The van der Waals surface area contributed by atoms with Crippen LogP contribution in [0.25, 0.3) is 0 Å². The zero-order chi connectivity index (χ0) is 28.8. The predicted molar refractivity (Wildman–Crippen MR) is 146 cm³/mol. The molecule has 0 saturated heterocycles. The van der Waals surface area contributed by atoms with Crippen LogP contribution in [0.4, 0.5) is 0 Å². The van der Waals surface area contributed by atoms with Gasteiger partial charge in [0.25, 0.3) is 0 Å². The Kier molecular flexibility index (Phi) is 13.8. The van der Waals surface area contributed by atoms with E-state index in [1.165, 1.54) is 0 Å². The van der Waals surface area contributed by atoms with Gasteiger partial charge in [0.15, 0.2) is 5.96 Å². The van der Waals surface area contributed by atoms with Crippen molar-refractivity contribution >= 4 is 29.7 Å². The van der Waals surface area contributed by atoms with E-state index in [4.69, 9.17) is 17.2 Å². The Morgan fingerprint density at radius 2 is 1.50 bits per heavy atom. The van der Waals surface area contributed by atoms with Gasteiger partial charge in [0.2, 0.25) is 17.7 Å². The summed E-state index contributed by atoms with van der Waals surface area (Å²) in [5.41, 5.74) is 17.4. The van der Waals surface area contributed by atoms with E-state index in [0.717, 1.165) is 5.56 Å². The normalized spacial score (nSPS) is 14.2. The molecule has 0 aliphatic carbocycles. The van der Waals surface area contributed by atoms with Gasteiger partial charge in [-0.3, -0.25) is 19.4 Å². The number of hydrogen-bond acceptors (Lipinski definition) is 6. The lowest BCUT2D eigenvalue weighted by Crippen LogP contribution is -2.59. The molecule has 4 atom stereocenters. The molecule has 38 heavy (non-hydrogen) atoms. The third-order valence-electron chi connectivity index (χ3n) is 5.79. The SMILES string of the molecule is CC(C)CC(NC(=O)C(NC(=O)C(Cc1ccccc1)NC(=O)C(N)CCCN=C(N)N)C(C)C)C(=O)O. The third kappa shape index (κ3) is 12.0. The van der Waals surface area contributed by atoms with Crippen molar-refractivity contribution in [3.63, 3.8) is 0 Å². The maximum absolute atomic E-state index is 13.3. The number of hydrogen-bond donors (Lipinski definition) is 7. The van der Waals surface area contributed by atoms with Crippen molar-refractivity contribution in [1.29, 1.82) is 0 Å². The van der Waals surface area contributed by atoms with Gasteiger partial charge < -0.3 is 38.3 Å². The van der Waals surface area contributed by atoms with E-state index in [-0.39, 0.29) is 30.6 Å². The fourth-order valence-corrected chi connectivity index (χ4v) is 3.73. The Hall–Kier alpha value is -3.67. The maximum Gasteiger partial charge on any atom is 0.326 e. The van der Waals surface area contributed by atoms with Crippen molar-refractivity contribution < 1.29 is 24.3 Å². The molecule has 3 amide bonds. The van der Waals surface area contributed by atoms with Gasteiger partial charge in [-0.1, -0.05) is 58.0 Å². The summed E-state index contributed by atoms with van der Waals surface area (Å²) < 4.78 is 0. The lowest BCUT2D eigenvalue weighted by Gasteiger charge is -2.27. The Morgan fingerprint density at radius 1 is 0.895 bits per heavy atom. The average Bonchev–Trinajstić information content (AvgIpc) is 2.83. The Bertz CT molecular complexity index is 949. The molecule has 0 fully saturated rings. The summed E-state index contributed by atoms with van der Waals surface area (Å²) in [6.07, 6.45) is 1.18. The molecule has 0 spiro atoms. The van der Waals surface area contributed by atoms with Crippen LogP contribution in [0.1, 0.15) is 52.5 Å². The van der Waals surface area contributed by atoms with Crippen molar-refractivity contribution in [2.75, 3.05) is 6.54 Å². The molecular weight excluding hydrogens is 490 g/mol. The molecule has 0 radical (unpaired) electrons. The summed E-state index contributed by atoms with van der Waals surface area (Å²) in [6.45, 7) is 7.50. The zero-order valence-corrected chi connectivity index (χ0v) is 22.6. The number of carbonyl (C=O) groups excluding carboxylic acids is 3. The van der Waals surface area contributed by atoms with Crippen molar-refractivity contribution in [3.05, 3.63) is 35.9 Å². The fraction of sp³-hybridized carbons (Fsp3) is 0.577. The molecule has 212 valence electrons. The van der Waals surface area contributed by atoms with Crippen LogP contribution in [0, 0.1) is 11.8 Å². The van der Waals surface area contributed by atoms with E-state index in [0.29, 0.717) is 19.4 Å². The van der Waals surface area contributed by atoms with Gasteiger partial charge >= 0.3 is 5.97 Å². The van der Waals surface area contributed by atoms with Crippen molar-refractivity contribution in [2.45, 2.75) is 77.5 Å². The van der Waals surface area contributed by atoms with Gasteiger partial charge in [-0.25, -0.2) is 4.79 Å². The molecule has 12 heteroatoms. The predicted octanol–water partition coefficient (Wildman–Crippen LogP) is -0.149. The van der Waals surface area contributed by atoms with Crippen LogP contribution in [-0.4, -0.2) is 65.5 Å². The molecule has 1 rings (SSSR count). The highest BCUT2D eigenvalue weighted by Gasteiger charge is 2.32. The van der Waals surface area contributed by atoms with E-state index in [1.807, 2.05) is 44.2 Å². The minimum Gasteiger partial charge on any atom is -0.480 e. The number of aliphatic imine (C=N–C) groups is 1. The highest BCUT2D eigenvalue weighted by Crippen LogP contribution is 2.10. The summed E-state index contributed by atoms with van der Waals surface area (Å²) in [5, 5.41) is 17.4. The van der Waals surface area contributed by atoms with Crippen LogP contribution in [-0.2, 0) is 25.6 Å². The summed E-state index contributed by atoms with van der Waals surface area (Å²) in [6, 6.07) is 5.07. The number of carbonyl (C=O) groups is 4. The zero-order valence-electron chi connectivity index (χ0n) is 22.6. The molecule has 0 heterocycles. The van der Waals surface area contributed by atoms with Crippen LogP contribution >= 0.6 is 0 Å². The van der Waals surface area contributed by atoms with Crippen LogP contribution in [0.5, 0.6) is 0 Å². The van der Waals surface area contributed by atoms with Gasteiger partial charge in [-0.05, 0) is 36.7 Å². The topological polar surface area (TPSA) is 215 Å². The van der Waals surface area contributed by atoms with Crippen LogP contribution in [0.2, 0.25) is 0 Å². The van der Waals surface area contributed by atoms with E-state index in [9.17, 15) is 24.3 Å². The number of carboxylic acids is 1. The van der Waals surface area contributed by atoms with Gasteiger partial charge in [0, 0.05) is 13.0 Å². The summed E-state index contributed by atoms with van der Waals surface area (Å²) in [7, 11) is 0. The van der Waals surface area contributed by atoms with Crippen molar-refractivity contribution in [2.24, 2.45) is 34.0 Å². The molecule has 1 aromatic rings. The molecule has 0 saturated carbocycles. The number of nitrogens with zero attached hydrogens (tertiary/aromatic N) is 1. The monoisotopic (exact) mass is 533 g/mol. The van der Waals surface area contributed by atoms with Crippen molar-refractivity contribution in [1.82, 2.24) is 16.0 Å². The first-order chi connectivity index (χ1) is 17.8. The summed E-state index contributed by atoms with van der Waals surface area (Å²) in [5.74, 6) is -3.23. The first-order valence-corrected chi connectivity index (χ1v) is 12.8. The van der Waals surface area contributed by atoms with Crippen LogP contribution < -0.4 is 33.2 Å². The van der Waals surface area contributed by atoms with E-state index >= 15 is 0 Å². The minimum atomic E-state index is -1.15.